The van der Waals surface area contributed by atoms with E-state index in [0.717, 1.165) is 22.2 Å². The van der Waals surface area contributed by atoms with Gasteiger partial charge < -0.3 is 9.88 Å². The van der Waals surface area contributed by atoms with E-state index in [1.165, 1.54) is 6.07 Å². The summed E-state index contributed by atoms with van der Waals surface area (Å²) in [6.45, 7) is 0. The summed E-state index contributed by atoms with van der Waals surface area (Å²) in [6, 6.07) is 12.0. The van der Waals surface area contributed by atoms with E-state index in [4.69, 9.17) is 0 Å². The zero-order valence-corrected chi connectivity index (χ0v) is 13.7. The molecular weight excluding hydrogens is 326 g/mol. The Bertz CT molecular complexity index is 1070. The van der Waals surface area contributed by atoms with Gasteiger partial charge in [-0.25, -0.2) is 8.42 Å². The lowest BCUT2D eigenvalue weighted by Gasteiger charge is -2.12. The number of nitrogens with zero attached hydrogens (tertiary/aromatic N) is 1. The number of nitrogens with one attached hydrogen (secondary N) is 2. The molecule has 1 aliphatic heterocycles. The highest BCUT2D eigenvalue weighted by Gasteiger charge is 2.26. The Morgan fingerprint density at radius 3 is 2.83 bits per heavy atom. The van der Waals surface area contributed by atoms with Crippen LogP contribution in [0.1, 0.15) is 5.56 Å². The number of aromatic amines is 1. The van der Waals surface area contributed by atoms with Crippen LogP contribution in [0.2, 0.25) is 0 Å². The average Bonchev–Trinajstić information content (AvgIpc) is 3.13. The molecule has 0 unspecified atom stereocenters. The van der Waals surface area contributed by atoms with E-state index in [1.807, 2.05) is 12.1 Å². The molecule has 0 spiro atoms. The van der Waals surface area contributed by atoms with Gasteiger partial charge in [-0.1, -0.05) is 6.07 Å². The molecule has 6 nitrogen and oxygen atoms in total. The Labute approximate surface area is 139 Å². The Morgan fingerprint density at radius 2 is 2.00 bits per heavy atom. The number of H-pyrrole nitrogens is 1. The van der Waals surface area contributed by atoms with Gasteiger partial charge in [0.15, 0.2) is 0 Å². The normalized spacial score (nSPS) is 14.2. The van der Waals surface area contributed by atoms with Crippen LogP contribution in [0.5, 0.6) is 0 Å². The molecule has 0 aliphatic carbocycles. The number of amides is 1. The van der Waals surface area contributed by atoms with Crippen LogP contribution < -0.4 is 9.62 Å². The van der Waals surface area contributed by atoms with Crippen molar-refractivity contribution in [1.29, 1.82) is 0 Å². The number of benzene rings is 2. The lowest BCUT2D eigenvalue weighted by molar-refractivity contribution is -0.117. The van der Waals surface area contributed by atoms with E-state index < -0.39 is 10.0 Å². The highest BCUT2D eigenvalue weighted by molar-refractivity contribution is 7.92. The van der Waals surface area contributed by atoms with E-state index in [9.17, 15) is 13.2 Å². The molecule has 2 heterocycles. The van der Waals surface area contributed by atoms with Gasteiger partial charge in [-0.05, 0) is 42.0 Å². The smallest absolute Gasteiger partial charge is 0.261 e. The van der Waals surface area contributed by atoms with Crippen LogP contribution in [0.15, 0.2) is 53.6 Å². The van der Waals surface area contributed by atoms with Gasteiger partial charge in [-0.2, -0.15) is 0 Å². The second-order valence-corrected chi connectivity index (χ2v) is 7.45. The van der Waals surface area contributed by atoms with Crippen molar-refractivity contribution < 1.29 is 13.2 Å². The first-order valence-electron chi connectivity index (χ1n) is 7.44. The molecule has 0 radical (unpaired) electrons. The Kier molecular flexibility index (Phi) is 3.14. The van der Waals surface area contributed by atoms with Gasteiger partial charge in [0.1, 0.15) is 0 Å². The van der Waals surface area contributed by atoms with E-state index in [0.29, 0.717) is 5.69 Å². The van der Waals surface area contributed by atoms with E-state index in [1.54, 1.807) is 42.4 Å². The quantitative estimate of drug-likeness (QED) is 0.768. The van der Waals surface area contributed by atoms with Crippen LogP contribution in [0.25, 0.3) is 10.9 Å². The van der Waals surface area contributed by atoms with Crippen molar-refractivity contribution >= 4 is 38.2 Å². The number of carbonyl (C=O) groups is 1. The molecule has 0 fully saturated rings. The zero-order chi connectivity index (χ0) is 16.9. The van der Waals surface area contributed by atoms with Crippen molar-refractivity contribution in [1.82, 2.24) is 4.98 Å². The van der Waals surface area contributed by atoms with Gasteiger partial charge in [-0.15, -0.1) is 0 Å². The second kappa shape index (κ2) is 5.10. The number of rotatable bonds is 3. The van der Waals surface area contributed by atoms with Gasteiger partial charge in [0.25, 0.3) is 10.0 Å². The van der Waals surface area contributed by atoms with Crippen LogP contribution in [0.3, 0.4) is 0 Å². The third-order valence-electron chi connectivity index (χ3n) is 4.28. The first kappa shape index (κ1) is 14.8. The molecule has 3 aromatic rings. The second-order valence-electron chi connectivity index (χ2n) is 5.77. The number of carbonyl (C=O) groups excluding carboxylic acids is 1. The van der Waals surface area contributed by atoms with Crippen LogP contribution in [-0.4, -0.2) is 26.4 Å². The van der Waals surface area contributed by atoms with Crippen LogP contribution >= 0.6 is 0 Å². The highest BCUT2D eigenvalue weighted by atomic mass is 32.2. The van der Waals surface area contributed by atoms with Crippen LogP contribution in [-0.2, 0) is 21.2 Å². The fraction of sp³-hybridized carbons (Fsp3) is 0.118. The molecule has 1 aromatic heterocycles. The Morgan fingerprint density at radius 1 is 1.17 bits per heavy atom. The summed E-state index contributed by atoms with van der Waals surface area (Å²) in [5, 5.41) is 0.803. The molecule has 1 amide bonds. The molecule has 0 saturated heterocycles. The first-order chi connectivity index (χ1) is 11.5. The number of likely N-dealkylation sites (N-methyl/N-ethyl adjacent to an activating group) is 1. The van der Waals surface area contributed by atoms with E-state index in [2.05, 4.69) is 9.71 Å². The molecule has 122 valence electrons. The minimum absolute atomic E-state index is 0.0374. The average molecular weight is 341 g/mol. The standard InChI is InChI=1S/C17H15N3O3S/c1-20-16-6-5-12(9-11(16)10-17(20)21)24(22,23)19-15-4-2-3-14-13(15)7-8-18-14/h2-9,18-19H,10H2,1H3. The molecule has 1 aliphatic rings. The molecule has 0 atom stereocenters. The Hall–Kier alpha value is -2.80. The van der Waals surface area contributed by atoms with Crippen molar-refractivity contribution in [2.75, 3.05) is 16.7 Å². The topological polar surface area (TPSA) is 82.3 Å². The number of hydrogen-bond acceptors (Lipinski definition) is 3. The molecule has 2 aromatic carbocycles. The summed E-state index contributed by atoms with van der Waals surface area (Å²) in [6.07, 6.45) is 1.99. The summed E-state index contributed by atoms with van der Waals surface area (Å²) >= 11 is 0. The maximum atomic E-state index is 12.7. The van der Waals surface area contributed by atoms with Crippen molar-refractivity contribution in [2.45, 2.75) is 11.3 Å². The van der Waals surface area contributed by atoms with Gasteiger partial charge in [-0.3, -0.25) is 9.52 Å². The van der Waals surface area contributed by atoms with Gasteiger partial charge >= 0.3 is 0 Å². The summed E-state index contributed by atoms with van der Waals surface area (Å²) in [7, 11) is -2.05. The van der Waals surface area contributed by atoms with Crippen molar-refractivity contribution in [3.63, 3.8) is 0 Å². The molecule has 2 N–H and O–H groups in total. The molecule has 0 bridgehead atoms. The third-order valence-corrected chi connectivity index (χ3v) is 5.64. The fourth-order valence-electron chi connectivity index (χ4n) is 2.99. The Balaban J connectivity index is 1.73. The molecule has 4 rings (SSSR count). The van der Waals surface area contributed by atoms with Crippen LogP contribution in [0.4, 0.5) is 11.4 Å². The summed E-state index contributed by atoms with van der Waals surface area (Å²) in [5.41, 5.74) is 2.86. The molecule has 24 heavy (non-hydrogen) atoms. The predicted octanol–water partition coefficient (Wildman–Crippen LogP) is 2.49. The minimum Gasteiger partial charge on any atom is -0.361 e. The van der Waals surface area contributed by atoms with Crippen LogP contribution in [0, 0.1) is 0 Å². The maximum Gasteiger partial charge on any atom is 0.261 e. The van der Waals surface area contributed by atoms with Crippen molar-refractivity contribution in [3.05, 3.63) is 54.2 Å². The fourth-order valence-corrected chi connectivity index (χ4v) is 4.12. The van der Waals surface area contributed by atoms with Gasteiger partial charge in [0.2, 0.25) is 5.91 Å². The SMILES string of the molecule is CN1C(=O)Cc2cc(S(=O)(=O)Nc3cccc4[nH]ccc34)ccc21. The van der Waals surface area contributed by atoms with E-state index in [-0.39, 0.29) is 17.2 Å². The summed E-state index contributed by atoms with van der Waals surface area (Å²) in [5.74, 6) is -0.0374. The number of aromatic nitrogens is 1. The summed E-state index contributed by atoms with van der Waals surface area (Å²) in [4.78, 5) is 16.5. The number of sulfonamides is 1. The number of hydrogen-bond donors (Lipinski definition) is 2. The predicted molar refractivity (Wildman–Crippen MR) is 92.7 cm³/mol. The van der Waals surface area contributed by atoms with Gasteiger partial charge in [0.05, 0.1) is 17.0 Å². The summed E-state index contributed by atoms with van der Waals surface area (Å²) < 4.78 is 28.1. The lowest BCUT2D eigenvalue weighted by Crippen LogP contribution is -2.20. The monoisotopic (exact) mass is 341 g/mol. The molecule has 0 saturated carbocycles. The van der Waals surface area contributed by atoms with Crippen molar-refractivity contribution in [2.24, 2.45) is 0 Å². The minimum atomic E-state index is -3.73. The third kappa shape index (κ3) is 2.25. The largest absolute Gasteiger partial charge is 0.361 e. The molecular formula is C17H15N3O3S. The molecule has 7 heteroatoms. The van der Waals surface area contributed by atoms with Gasteiger partial charge in [0, 0.05) is 29.8 Å². The maximum absolute atomic E-state index is 12.7. The van der Waals surface area contributed by atoms with E-state index >= 15 is 0 Å². The first-order valence-corrected chi connectivity index (χ1v) is 8.92. The highest BCUT2D eigenvalue weighted by Crippen LogP contribution is 2.31. The zero-order valence-electron chi connectivity index (χ0n) is 12.9. The number of fused-ring (bicyclic) bond motifs is 2. The van der Waals surface area contributed by atoms with Crippen molar-refractivity contribution in [3.8, 4) is 0 Å². The lowest BCUT2D eigenvalue weighted by atomic mass is 10.2. The number of anilines is 2.